The summed E-state index contributed by atoms with van der Waals surface area (Å²) >= 11 is 0. The van der Waals surface area contributed by atoms with E-state index in [9.17, 15) is 9.90 Å². The molecule has 0 aromatic carbocycles. The fourth-order valence-corrected chi connectivity index (χ4v) is 1.36. The Labute approximate surface area is 80.5 Å². The zero-order chi connectivity index (χ0) is 10.9. The summed E-state index contributed by atoms with van der Waals surface area (Å²) < 4.78 is 4.81. The van der Waals surface area contributed by atoms with Gasteiger partial charge >= 0.3 is 0 Å². The number of ketones is 1. The average Bonchev–Trinajstić information content (AvgIpc) is 2.38. The number of aliphatic hydroxyl groups excluding tert-OH is 2. The van der Waals surface area contributed by atoms with Gasteiger partial charge in [0.2, 0.25) is 5.76 Å². The van der Waals surface area contributed by atoms with Gasteiger partial charge in [0, 0.05) is 12.7 Å². The molecule has 0 bridgehead atoms. The highest BCUT2D eigenvalue weighted by molar-refractivity contribution is 6.13. The zero-order valence-corrected chi connectivity index (χ0v) is 7.52. The fourth-order valence-electron chi connectivity index (χ4n) is 1.36. The van der Waals surface area contributed by atoms with E-state index in [0.717, 1.165) is 0 Å². The molecule has 5 nitrogen and oxygen atoms in total. The van der Waals surface area contributed by atoms with Gasteiger partial charge in [-0.05, 0) is 0 Å². The highest BCUT2D eigenvalue weighted by atomic mass is 16.5. The molecule has 1 rings (SSSR count). The number of methoxy groups -OCH3 is 1. The van der Waals surface area contributed by atoms with Crippen molar-refractivity contribution >= 4 is 5.78 Å². The first-order valence-corrected chi connectivity index (χ1v) is 3.82. The van der Waals surface area contributed by atoms with Gasteiger partial charge in [0.15, 0.2) is 5.78 Å². The van der Waals surface area contributed by atoms with E-state index < -0.39 is 23.8 Å². The van der Waals surface area contributed by atoms with Crippen molar-refractivity contribution in [3.05, 3.63) is 23.5 Å². The highest BCUT2D eigenvalue weighted by Gasteiger charge is 2.42. The first-order chi connectivity index (χ1) is 6.54. The third kappa shape index (κ3) is 1.31. The lowest BCUT2D eigenvalue weighted by atomic mass is 10.1. The van der Waals surface area contributed by atoms with Crippen LogP contribution >= 0.6 is 0 Å². The van der Waals surface area contributed by atoms with Crippen molar-refractivity contribution in [2.75, 3.05) is 7.11 Å². The second kappa shape index (κ2) is 3.62. The van der Waals surface area contributed by atoms with Gasteiger partial charge in [0.05, 0.1) is 5.57 Å². The fraction of sp³-hybridized carbons (Fsp3) is 0.333. The standard InChI is InChI=1S/C9H9NO4/c1-4-7(12)6(5(11)3-10)8(13)9(4)14-2/h8-9,11,13H,1H2,2H3. The van der Waals surface area contributed by atoms with Crippen LogP contribution in [0.15, 0.2) is 23.5 Å². The van der Waals surface area contributed by atoms with E-state index in [4.69, 9.17) is 15.1 Å². The number of Topliss-reactive ketones (excluding diaryl/α,β-unsaturated/α-hetero) is 1. The van der Waals surface area contributed by atoms with Crippen LogP contribution in [-0.2, 0) is 9.53 Å². The van der Waals surface area contributed by atoms with E-state index in [1.165, 1.54) is 13.2 Å². The Morgan fingerprint density at radius 1 is 1.71 bits per heavy atom. The van der Waals surface area contributed by atoms with Crippen LogP contribution in [0.3, 0.4) is 0 Å². The normalized spacial score (nSPS) is 30.4. The van der Waals surface area contributed by atoms with Crippen molar-refractivity contribution in [3.63, 3.8) is 0 Å². The van der Waals surface area contributed by atoms with Crippen LogP contribution in [0, 0.1) is 11.3 Å². The molecule has 0 aromatic rings. The molecule has 1 aliphatic carbocycles. The number of nitriles is 1. The number of nitrogens with zero attached hydrogens (tertiary/aromatic N) is 1. The van der Waals surface area contributed by atoms with Gasteiger partial charge in [0.1, 0.15) is 18.3 Å². The number of rotatable bonds is 1. The molecular weight excluding hydrogens is 186 g/mol. The van der Waals surface area contributed by atoms with Crippen LogP contribution in [0.1, 0.15) is 0 Å². The van der Waals surface area contributed by atoms with Crippen molar-refractivity contribution in [1.29, 1.82) is 5.26 Å². The molecule has 1 aliphatic rings. The minimum absolute atomic E-state index is 0.0387. The summed E-state index contributed by atoms with van der Waals surface area (Å²) in [6.07, 6.45) is -2.20. The molecule has 0 heterocycles. The minimum atomic E-state index is -1.32. The zero-order valence-electron chi connectivity index (χ0n) is 7.52. The molecule has 2 N–H and O–H groups in total. The molecule has 0 spiro atoms. The summed E-state index contributed by atoms with van der Waals surface area (Å²) in [4.78, 5) is 11.4. The second-order valence-corrected chi connectivity index (χ2v) is 2.83. The Morgan fingerprint density at radius 2 is 2.29 bits per heavy atom. The van der Waals surface area contributed by atoms with Gasteiger partial charge in [-0.15, -0.1) is 0 Å². The van der Waals surface area contributed by atoms with Gasteiger partial charge in [-0.2, -0.15) is 5.26 Å². The first-order valence-electron chi connectivity index (χ1n) is 3.82. The SMILES string of the molecule is C=C1C(=O)C(=C(O)C#N)C(O)C1OC. The number of allylic oxidation sites excluding steroid dienone is 1. The van der Waals surface area contributed by atoms with Gasteiger partial charge in [-0.1, -0.05) is 6.58 Å². The van der Waals surface area contributed by atoms with Crippen LogP contribution in [-0.4, -0.2) is 35.3 Å². The molecule has 0 saturated heterocycles. The molecular formula is C9H9NO4. The molecule has 1 saturated carbocycles. The molecule has 0 radical (unpaired) electrons. The summed E-state index contributed by atoms with van der Waals surface area (Å²) in [5.74, 6) is -1.42. The third-order valence-corrected chi connectivity index (χ3v) is 2.08. The van der Waals surface area contributed by atoms with Gasteiger partial charge in [0.25, 0.3) is 0 Å². The lowest BCUT2D eigenvalue weighted by Crippen LogP contribution is -2.23. The van der Waals surface area contributed by atoms with Crippen LogP contribution < -0.4 is 0 Å². The van der Waals surface area contributed by atoms with E-state index in [-0.39, 0.29) is 11.1 Å². The number of hydrogen-bond donors (Lipinski definition) is 2. The minimum Gasteiger partial charge on any atom is -0.499 e. The van der Waals surface area contributed by atoms with Crippen LogP contribution in [0.2, 0.25) is 0 Å². The number of aliphatic hydroxyl groups is 2. The predicted molar refractivity (Wildman–Crippen MR) is 46.2 cm³/mol. The predicted octanol–water partition coefficient (Wildman–Crippen LogP) is -0.163. The molecule has 2 atom stereocenters. The van der Waals surface area contributed by atoms with E-state index in [2.05, 4.69) is 6.58 Å². The number of hydrogen-bond acceptors (Lipinski definition) is 5. The quantitative estimate of drug-likeness (QED) is 0.262. The first kappa shape index (κ1) is 10.4. The van der Waals surface area contributed by atoms with Crippen molar-refractivity contribution < 1.29 is 19.7 Å². The van der Waals surface area contributed by atoms with Crippen molar-refractivity contribution in [1.82, 2.24) is 0 Å². The summed E-state index contributed by atoms with van der Waals surface area (Å²) in [7, 11) is 1.30. The Kier molecular flexibility index (Phi) is 2.70. The Balaban J connectivity index is 3.22. The monoisotopic (exact) mass is 195 g/mol. The van der Waals surface area contributed by atoms with Crippen molar-refractivity contribution in [3.8, 4) is 6.07 Å². The van der Waals surface area contributed by atoms with Crippen LogP contribution in [0.4, 0.5) is 0 Å². The van der Waals surface area contributed by atoms with E-state index >= 15 is 0 Å². The topological polar surface area (TPSA) is 90.5 Å². The maximum Gasteiger partial charge on any atom is 0.204 e. The maximum absolute atomic E-state index is 11.4. The average molecular weight is 195 g/mol. The summed E-state index contributed by atoms with van der Waals surface area (Å²) in [6.45, 7) is 3.42. The Bertz CT molecular complexity index is 363. The van der Waals surface area contributed by atoms with Gasteiger partial charge in [-0.3, -0.25) is 4.79 Å². The Morgan fingerprint density at radius 3 is 2.64 bits per heavy atom. The molecule has 5 heteroatoms. The van der Waals surface area contributed by atoms with Crippen molar-refractivity contribution in [2.45, 2.75) is 12.2 Å². The molecule has 74 valence electrons. The van der Waals surface area contributed by atoms with Crippen LogP contribution in [0.25, 0.3) is 0 Å². The number of carbonyl (C=O) groups is 1. The Hall–Kier alpha value is -1.64. The van der Waals surface area contributed by atoms with E-state index in [0.29, 0.717) is 0 Å². The van der Waals surface area contributed by atoms with Gasteiger partial charge in [-0.25, -0.2) is 0 Å². The van der Waals surface area contributed by atoms with Crippen LogP contribution in [0.5, 0.6) is 0 Å². The molecule has 0 aromatic heterocycles. The molecule has 0 amide bonds. The smallest absolute Gasteiger partial charge is 0.204 e. The molecule has 1 fully saturated rings. The maximum atomic E-state index is 11.4. The van der Waals surface area contributed by atoms with Gasteiger partial charge < -0.3 is 14.9 Å². The second-order valence-electron chi connectivity index (χ2n) is 2.83. The highest BCUT2D eigenvalue weighted by Crippen LogP contribution is 2.29. The summed E-state index contributed by atoms with van der Waals surface area (Å²) in [6, 6.07) is 1.39. The lowest BCUT2D eigenvalue weighted by molar-refractivity contribution is -0.112. The summed E-state index contributed by atoms with van der Waals surface area (Å²) in [5, 5.41) is 27.0. The summed E-state index contributed by atoms with van der Waals surface area (Å²) in [5.41, 5.74) is -0.304. The number of ether oxygens (including phenoxy) is 1. The number of carbonyl (C=O) groups excluding carboxylic acids is 1. The molecule has 0 aliphatic heterocycles. The van der Waals surface area contributed by atoms with Crippen molar-refractivity contribution in [2.24, 2.45) is 0 Å². The van der Waals surface area contributed by atoms with E-state index in [1.54, 1.807) is 0 Å². The lowest BCUT2D eigenvalue weighted by Gasteiger charge is -2.11. The largest absolute Gasteiger partial charge is 0.499 e. The third-order valence-electron chi connectivity index (χ3n) is 2.08. The molecule has 2 unspecified atom stereocenters. The van der Waals surface area contributed by atoms with E-state index in [1.807, 2.05) is 0 Å². The molecule has 14 heavy (non-hydrogen) atoms.